The van der Waals surface area contributed by atoms with Crippen molar-refractivity contribution in [3.8, 4) is 0 Å². The highest BCUT2D eigenvalue weighted by Gasteiger charge is 2.36. The van der Waals surface area contributed by atoms with Crippen molar-refractivity contribution in [1.82, 2.24) is 15.5 Å². The summed E-state index contributed by atoms with van der Waals surface area (Å²) in [5.74, 6) is -0.584. The lowest BCUT2D eigenvalue weighted by Crippen LogP contribution is -2.47. The SMILES string of the molecule is CC(C)(C)N1CC(NC(=O)NC(=O)c2ccccc2N)CC1=O. The second kappa shape index (κ2) is 6.28. The number of urea groups is 1. The molecule has 0 aromatic heterocycles. The van der Waals surface area contributed by atoms with E-state index in [1.165, 1.54) is 0 Å². The first-order valence-electron chi connectivity index (χ1n) is 7.45. The van der Waals surface area contributed by atoms with E-state index in [9.17, 15) is 14.4 Å². The predicted molar refractivity (Wildman–Crippen MR) is 86.7 cm³/mol. The predicted octanol–water partition coefficient (Wildman–Crippen LogP) is 1.11. The van der Waals surface area contributed by atoms with Gasteiger partial charge in [0, 0.05) is 24.2 Å². The number of carbonyl (C=O) groups excluding carboxylic acids is 3. The van der Waals surface area contributed by atoms with Crippen molar-refractivity contribution in [1.29, 1.82) is 0 Å². The van der Waals surface area contributed by atoms with Crippen molar-refractivity contribution in [3.05, 3.63) is 29.8 Å². The highest BCUT2D eigenvalue weighted by molar-refractivity contribution is 6.07. The van der Waals surface area contributed by atoms with Gasteiger partial charge in [0.15, 0.2) is 0 Å². The number of rotatable bonds is 2. The van der Waals surface area contributed by atoms with E-state index in [1.54, 1.807) is 29.2 Å². The number of anilines is 1. The number of benzene rings is 1. The molecule has 1 heterocycles. The molecule has 0 spiro atoms. The average Bonchev–Trinajstić information content (AvgIpc) is 2.79. The van der Waals surface area contributed by atoms with Gasteiger partial charge in [0.2, 0.25) is 5.91 Å². The molecule has 1 aromatic rings. The summed E-state index contributed by atoms with van der Waals surface area (Å²) in [5, 5.41) is 4.89. The number of hydrogen-bond acceptors (Lipinski definition) is 4. The van der Waals surface area contributed by atoms with Crippen LogP contribution >= 0.6 is 0 Å². The minimum atomic E-state index is -0.633. The van der Waals surface area contributed by atoms with Crippen LogP contribution in [0.3, 0.4) is 0 Å². The molecule has 4 N–H and O–H groups in total. The maximum Gasteiger partial charge on any atom is 0.322 e. The van der Waals surface area contributed by atoms with E-state index < -0.39 is 11.9 Å². The third-order valence-corrected chi connectivity index (χ3v) is 3.70. The Morgan fingerprint density at radius 2 is 1.91 bits per heavy atom. The van der Waals surface area contributed by atoms with Crippen molar-refractivity contribution in [2.75, 3.05) is 12.3 Å². The molecule has 0 bridgehead atoms. The Kier molecular flexibility index (Phi) is 4.58. The Hall–Kier alpha value is -2.57. The smallest absolute Gasteiger partial charge is 0.322 e. The Bertz CT molecular complexity index is 636. The number of nitrogens with one attached hydrogen (secondary N) is 2. The maximum atomic E-state index is 12.0. The van der Waals surface area contributed by atoms with Gasteiger partial charge in [-0.25, -0.2) is 4.79 Å². The molecule has 1 unspecified atom stereocenters. The molecule has 0 radical (unpaired) electrons. The van der Waals surface area contributed by atoms with E-state index >= 15 is 0 Å². The summed E-state index contributed by atoms with van der Waals surface area (Å²) in [6.45, 7) is 6.25. The second-order valence-corrected chi connectivity index (χ2v) is 6.59. The van der Waals surface area contributed by atoms with E-state index in [4.69, 9.17) is 5.73 Å². The van der Waals surface area contributed by atoms with Gasteiger partial charge in [-0.15, -0.1) is 0 Å². The lowest BCUT2D eigenvalue weighted by molar-refractivity contribution is -0.131. The van der Waals surface area contributed by atoms with Crippen LogP contribution in [0.5, 0.6) is 0 Å². The number of nitrogens with two attached hydrogens (primary N) is 1. The van der Waals surface area contributed by atoms with Crippen LogP contribution in [0.25, 0.3) is 0 Å². The number of hydrogen-bond donors (Lipinski definition) is 3. The minimum Gasteiger partial charge on any atom is -0.398 e. The first kappa shape index (κ1) is 16.8. The van der Waals surface area contributed by atoms with Crippen LogP contribution in [0.2, 0.25) is 0 Å². The summed E-state index contributed by atoms with van der Waals surface area (Å²) in [6.07, 6.45) is 0.229. The van der Waals surface area contributed by atoms with E-state index in [2.05, 4.69) is 10.6 Å². The summed E-state index contributed by atoms with van der Waals surface area (Å²) >= 11 is 0. The van der Waals surface area contributed by atoms with Crippen molar-refractivity contribution in [2.24, 2.45) is 0 Å². The summed E-state index contributed by atoms with van der Waals surface area (Å²) in [5.41, 5.74) is 5.94. The number of likely N-dealkylation sites (tertiary alicyclic amines) is 1. The first-order valence-corrected chi connectivity index (χ1v) is 7.45. The van der Waals surface area contributed by atoms with Gasteiger partial charge in [-0.2, -0.15) is 0 Å². The van der Waals surface area contributed by atoms with Crippen molar-refractivity contribution < 1.29 is 14.4 Å². The van der Waals surface area contributed by atoms with Crippen molar-refractivity contribution in [2.45, 2.75) is 38.8 Å². The molecule has 1 aromatic carbocycles. The van der Waals surface area contributed by atoms with Crippen LogP contribution in [0.15, 0.2) is 24.3 Å². The fraction of sp³-hybridized carbons (Fsp3) is 0.438. The van der Waals surface area contributed by atoms with E-state index in [-0.39, 0.29) is 29.5 Å². The van der Waals surface area contributed by atoms with E-state index in [1.807, 2.05) is 20.8 Å². The molecule has 1 atom stereocenters. The molecule has 7 heteroatoms. The van der Waals surface area contributed by atoms with Gasteiger partial charge in [-0.3, -0.25) is 14.9 Å². The zero-order valence-corrected chi connectivity index (χ0v) is 13.6. The topological polar surface area (TPSA) is 105 Å². The maximum absolute atomic E-state index is 12.0. The molecule has 124 valence electrons. The molecular formula is C16H22N4O3. The third-order valence-electron chi connectivity index (χ3n) is 3.70. The summed E-state index contributed by atoms with van der Waals surface area (Å²) < 4.78 is 0. The van der Waals surface area contributed by atoms with Gasteiger partial charge in [0.25, 0.3) is 5.91 Å². The number of amides is 4. The second-order valence-electron chi connectivity index (χ2n) is 6.59. The molecule has 2 rings (SSSR count). The Labute approximate surface area is 135 Å². The lowest BCUT2D eigenvalue weighted by atomic mass is 10.1. The molecule has 1 saturated heterocycles. The Morgan fingerprint density at radius 3 is 2.48 bits per heavy atom. The molecule has 1 aliphatic rings. The van der Waals surface area contributed by atoms with Gasteiger partial charge < -0.3 is 16.0 Å². The summed E-state index contributed by atoms with van der Waals surface area (Å²) in [6, 6.07) is 5.55. The average molecular weight is 318 g/mol. The fourth-order valence-corrected chi connectivity index (χ4v) is 2.55. The molecule has 7 nitrogen and oxygen atoms in total. The number of nitrogen functional groups attached to an aromatic ring is 1. The number of imide groups is 1. The molecule has 0 saturated carbocycles. The van der Waals surface area contributed by atoms with Crippen LogP contribution in [-0.4, -0.2) is 40.9 Å². The Morgan fingerprint density at radius 1 is 1.26 bits per heavy atom. The zero-order valence-electron chi connectivity index (χ0n) is 13.6. The molecular weight excluding hydrogens is 296 g/mol. The third kappa shape index (κ3) is 4.00. The highest BCUT2D eigenvalue weighted by atomic mass is 16.2. The van der Waals surface area contributed by atoms with Crippen molar-refractivity contribution in [3.63, 3.8) is 0 Å². The van der Waals surface area contributed by atoms with Crippen LogP contribution < -0.4 is 16.4 Å². The number of nitrogens with zero attached hydrogens (tertiary/aromatic N) is 1. The standard InChI is InChI=1S/C16H22N4O3/c1-16(2,3)20-9-10(8-13(20)21)18-15(23)19-14(22)11-6-4-5-7-12(11)17/h4-7,10H,8-9,17H2,1-3H3,(H2,18,19,22,23). The first-order chi connectivity index (χ1) is 10.7. The van der Waals surface area contributed by atoms with Gasteiger partial charge in [0.1, 0.15) is 0 Å². The van der Waals surface area contributed by atoms with Gasteiger partial charge in [-0.05, 0) is 32.9 Å². The molecule has 0 aliphatic carbocycles. The Balaban J connectivity index is 1.92. The zero-order chi connectivity index (χ0) is 17.2. The number of para-hydroxylation sites is 1. The van der Waals surface area contributed by atoms with Gasteiger partial charge >= 0.3 is 6.03 Å². The fourth-order valence-electron chi connectivity index (χ4n) is 2.55. The van der Waals surface area contributed by atoms with Gasteiger partial charge in [0.05, 0.1) is 11.6 Å². The van der Waals surface area contributed by atoms with Crippen molar-refractivity contribution >= 4 is 23.5 Å². The molecule has 4 amide bonds. The largest absolute Gasteiger partial charge is 0.398 e. The van der Waals surface area contributed by atoms with Crippen LogP contribution in [0.1, 0.15) is 37.6 Å². The van der Waals surface area contributed by atoms with E-state index in [0.717, 1.165) is 0 Å². The lowest BCUT2D eigenvalue weighted by Gasteiger charge is -2.32. The van der Waals surface area contributed by atoms with E-state index in [0.29, 0.717) is 12.2 Å². The summed E-state index contributed by atoms with van der Waals surface area (Å²) in [7, 11) is 0. The monoisotopic (exact) mass is 318 g/mol. The molecule has 1 aliphatic heterocycles. The highest BCUT2D eigenvalue weighted by Crippen LogP contribution is 2.21. The summed E-state index contributed by atoms with van der Waals surface area (Å²) in [4.78, 5) is 37.6. The molecule has 1 fully saturated rings. The quantitative estimate of drug-likeness (QED) is 0.710. The normalized spacial score (nSPS) is 18.0. The van der Waals surface area contributed by atoms with Crippen LogP contribution in [0, 0.1) is 0 Å². The van der Waals surface area contributed by atoms with Gasteiger partial charge in [-0.1, -0.05) is 12.1 Å². The molecule has 23 heavy (non-hydrogen) atoms. The number of carbonyl (C=O) groups is 3. The van der Waals surface area contributed by atoms with Crippen LogP contribution in [0.4, 0.5) is 10.5 Å². The minimum absolute atomic E-state index is 0.0126. The van der Waals surface area contributed by atoms with Crippen LogP contribution in [-0.2, 0) is 4.79 Å².